The molecule has 0 radical (unpaired) electrons. The Balaban J connectivity index is 1.42. The molecule has 1 heterocycles. The van der Waals surface area contributed by atoms with Crippen LogP contribution >= 0.6 is 0 Å². The van der Waals surface area contributed by atoms with E-state index in [2.05, 4.69) is 5.32 Å². The van der Waals surface area contributed by atoms with Gasteiger partial charge in [0, 0.05) is 19.6 Å². The summed E-state index contributed by atoms with van der Waals surface area (Å²) in [5.74, 6) is -0.478. The maximum absolute atomic E-state index is 12.9. The van der Waals surface area contributed by atoms with Crippen LogP contribution in [-0.2, 0) is 16.3 Å². The average molecular weight is 376 g/mol. The van der Waals surface area contributed by atoms with Gasteiger partial charge in [-0.1, -0.05) is 30.3 Å². The first-order chi connectivity index (χ1) is 12.5. The minimum atomic E-state index is -3.53. The molecule has 1 aliphatic heterocycles. The van der Waals surface area contributed by atoms with Gasteiger partial charge in [-0.05, 0) is 42.7 Å². The highest BCUT2D eigenvalue weighted by molar-refractivity contribution is 7.92. The summed E-state index contributed by atoms with van der Waals surface area (Å²) in [6.45, 7) is 0.855. The Morgan fingerprint density at radius 2 is 1.73 bits per heavy atom. The van der Waals surface area contributed by atoms with Crippen LogP contribution in [0.1, 0.15) is 12.0 Å². The van der Waals surface area contributed by atoms with Crippen molar-refractivity contribution in [2.24, 2.45) is 0 Å². The van der Waals surface area contributed by atoms with Crippen molar-refractivity contribution in [1.29, 1.82) is 0 Å². The molecule has 0 saturated carbocycles. The lowest BCUT2D eigenvalue weighted by molar-refractivity contribution is 0.169. The molecule has 1 N–H and O–H groups in total. The summed E-state index contributed by atoms with van der Waals surface area (Å²) in [5, 5.41) is 2.18. The fourth-order valence-corrected chi connectivity index (χ4v) is 4.51. The molecule has 1 saturated heterocycles. The number of nitrogens with zero attached hydrogens (tertiary/aromatic N) is 1. The molecule has 2 amide bonds. The van der Waals surface area contributed by atoms with Gasteiger partial charge in [-0.2, -0.15) is 0 Å². The molecule has 0 aromatic heterocycles. The summed E-state index contributed by atoms with van der Waals surface area (Å²) >= 11 is 0. The van der Waals surface area contributed by atoms with Crippen LogP contribution in [0.15, 0.2) is 59.5 Å². The van der Waals surface area contributed by atoms with Crippen LogP contribution in [0.25, 0.3) is 0 Å². The molecule has 2 aromatic carbocycles. The van der Waals surface area contributed by atoms with E-state index >= 15 is 0 Å². The maximum Gasteiger partial charge on any atom is 0.317 e. The SMILES string of the molecule is O=C(NCCCc1ccccc1)N1CC(S(=O)(=O)c2ccc(F)cc2)C1. The number of hydrogen-bond donors (Lipinski definition) is 1. The number of rotatable bonds is 6. The van der Waals surface area contributed by atoms with E-state index in [1.165, 1.54) is 22.6 Å². The number of urea groups is 1. The molecule has 0 bridgehead atoms. The van der Waals surface area contributed by atoms with Crippen molar-refractivity contribution in [2.75, 3.05) is 19.6 Å². The van der Waals surface area contributed by atoms with Crippen LogP contribution < -0.4 is 5.32 Å². The zero-order valence-corrected chi connectivity index (χ0v) is 15.1. The van der Waals surface area contributed by atoms with Crippen LogP contribution in [0.4, 0.5) is 9.18 Å². The van der Waals surface area contributed by atoms with E-state index in [9.17, 15) is 17.6 Å². The number of carbonyl (C=O) groups is 1. The van der Waals surface area contributed by atoms with Gasteiger partial charge in [0.25, 0.3) is 0 Å². The highest BCUT2D eigenvalue weighted by Crippen LogP contribution is 2.23. The Kier molecular flexibility index (Phi) is 5.56. The summed E-state index contributed by atoms with van der Waals surface area (Å²) in [6, 6.07) is 14.5. The van der Waals surface area contributed by atoms with E-state index in [4.69, 9.17) is 0 Å². The Bertz CT molecular complexity index is 848. The van der Waals surface area contributed by atoms with E-state index < -0.39 is 20.9 Å². The second-order valence-corrected chi connectivity index (χ2v) is 8.58. The number of hydrogen-bond acceptors (Lipinski definition) is 3. The number of aryl methyl sites for hydroxylation is 1. The first kappa shape index (κ1) is 18.4. The highest BCUT2D eigenvalue weighted by Gasteiger charge is 2.40. The molecule has 0 atom stereocenters. The first-order valence-corrected chi connectivity index (χ1v) is 10.1. The number of halogens is 1. The lowest BCUT2D eigenvalue weighted by atomic mass is 10.1. The molecule has 1 fully saturated rings. The smallest absolute Gasteiger partial charge is 0.317 e. The minimum Gasteiger partial charge on any atom is -0.338 e. The van der Waals surface area contributed by atoms with Gasteiger partial charge in [-0.25, -0.2) is 17.6 Å². The third-order valence-corrected chi connectivity index (χ3v) is 6.58. The van der Waals surface area contributed by atoms with Crippen LogP contribution in [-0.4, -0.2) is 44.2 Å². The van der Waals surface area contributed by atoms with Crippen LogP contribution in [0.2, 0.25) is 0 Å². The molecule has 2 aromatic rings. The summed E-state index contributed by atoms with van der Waals surface area (Å²) in [6.07, 6.45) is 1.70. The largest absolute Gasteiger partial charge is 0.338 e. The van der Waals surface area contributed by atoms with Gasteiger partial charge in [-0.3, -0.25) is 0 Å². The molecule has 26 heavy (non-hydrogen) atoms. The number of amides is 2. The predicted octanol–water partition coefficient (Wildman–Crippen LogP) is 2.63. The van der Waals surface area contributed by atoms with Crippen molar-refractivity contribution in [3.8, 4) is 0 Å². The summed E-state index contributed by atoms with van der Waals surface area (Å²) in [4.78, 5) is 13.6. The number of carbonyl (C=O) groups excluding carboxylic acids is 1. The van der Waals surface area contributed by atoms with Gasteiger partial charge in [-0.15, -0.1) is 0 Å². The summed E-state index contributed by atoms with van der Waals surface area (Å²) in [7, 11) is -3.53. The molecular weight excluding hydrogens is 355 g/mol. The monoisotopic (exact) mass is 376 g/mol. The number of benzene rings is 2. The van der Waals surface area contributed by atoms with Crippen molar-refractivity contribution in [3.05, 3.63) is 66.0 Å². The maximum atomic E-state index is 12.9. The fraction of sp³-hybridized carbons (Fsp3) is 0.316. The van der Waals surface area contributed by atoms with Crippen LogP contribution in [0.3, 0.4) is 0 Å². The molecule has 0 unspecified atom stereocenters. The Hall–Kier alpha value is -2.41. The van der Waals surface area contributed by atoms with Crippen molar-refractivity contribution in [1.82, 2.24) is 10.2 Å². The third-order valence-electron chi connectivity index (χ3n) is 4.48. The third kappa shape index (κ3) is 4.22. The molecule has 0 spiro atoms. The Morgan fingerprint density at radius 3 is 2.38 bits per heavy atom. The lowest BCUT2D eigenvalue weighted by Crippen LogP contribution is -2.59. The first-order valence-electron chi connectivity index (χ1n) is 8.53. The van der Waals surface area contributed by atoms with Crippen molar-refractivity contribution >= 4 is 15.9 Å². The van der Waals surface area contributed by atoms with Crippen LogP contribution in [0, 0.1) is 5.82 Å². The summed E-state index contributed by atoms with van der Waals surface area (Å²) in [5.41, 5.74) is 1.22. The normalized spacial score (nSPS) is 14.7. The standard InChI is InChI=1S/C19H21FN2O3S/c20-16-8-10-17(11-9-16)26(24,25)18-13-22(14-18)19(23)21-12-4-7-15-5-2-1-3-6-15/h1-3,5-6,8-11,18H,4,7,12-14H2,(H,21,23). The highest BCUT2D eigenvalue weighted by atomic mass is 32.2. The fourth-order valence-electron chi connectivity index (χ4n) is 2.86. The molecule has 3 rings (SSSR count). The van der Waals surface area contributed by atoms with Crippen molar-refractivity contribution < 1.29 is 17.6 Å². The van der Waals surface area contributed by atoms with Crippen molar-refractivity contribution in [3.63, 3.8) is 0 Å². The zero-order valence-electron chi connectivity index (χ0n) is 14.3. The van der Waals surface area contributed by atoms with E-state index in [0.717, 1.165) is 25.0 Å². The minimum absolute atomic E-state index is 0.0896. The van der Waals surface area contributed by atoms with Gasteiger partial charge in [0.05, 0.1) is 4.90 Å². The number of likely N-dealkylation sites (tertiary alicyclic amines) is 1. The topological polar surface area (TPSA) is 66.5 Å². The van der Waals surface area contributed by atoms with Gasteiger partial charge >= 0.3 is 6.03 Å². The van der Waals surface area contributed by atoms with E-state index in [-0.39, 0.29) is 24.0 Å². The van der Waals surface area contributed by atoms with E-state index in [1.54, 1.807) is 0 Å². The number of sulfone groups is 1. The molecule has 1 aliphatic rings. The van der Waals surface area contributed by atoms with Gasteiger partial charge in [0.15, 0.2) is 9.84 Å². The second kappa shape index (κ2) is 7.86. The zero-order chi connectivity index (χ0) is 18.6. The molecule has 0 aliphatic carbocycles. The molecule has 7 heteroatoms. The molecule has 138 valence electrons. The van der Waals surface area contributed by atoms with Gasteiger partial charge in [0.1, 0.15) is 11.1 Å². The Labute approximate surface area is 152 Å². The van der Waals surface area contributed by atoms with Gasteiger partial charge in [0.2, 0.25) is 0 Å². The van der Waals surface area contributed by atoms with Gasteiger partial charge < -0.3 is 10.2 Å². The second-order valence-electron chi connectivity index (χ2n) is 6.35. The predicted molar refractivity (Wildman–Crippen MR) is 97.1 cm³/mol. The molecular formula is C19H21FN2O3S. The van der Waals surface area contributed by atoms with Crippen molar-refractivity contribution in [2.45, 2.75) is 23.0 Å². The van der Waals surface area contributed by atoms with Crippen LogP contribution in [0.5, 0.6) is 0 Å². The average Bonchev–Trinajstić information content (AvgIpc) is 2.58. The van der Waals surface area contributed by atoms with E-state index in [0.29, 0.717) is 6.54 Å². The Morgan fingerprint density at radius 1 is 1.08 bits per heavy atom. The molecule has 5 nitrogen and oxygen atoms in total. The lowest BCUT2D eigenvalue weighted by Gasteiger charge is -2.38. The quantitative estimate of drug-likeness (QED) is 0.623. The van der Waals surface area contributed by atoms with E-state index in [1.807, 2.05) is 30.3 Å². The number of nitrogens with one attached hydrogen (secondary N) is 1. The summed E-state index contributed by atoms with van der Waals surface area (Å²) < 4.78 is 37.8.